The third-order valence-corrected chi connectivity index (χ3v) is 6.12. The second-order valence-electron chi connectivity index (χ2n) is 8.31. The second kappa shape index (κ2) is 9.47. The normalized spacial score (nSPS) is 13.8. The van der Waals surface area contributed by atoms with Crippen LogP contribution in [0.25, 0.3) is 10.8 Å². The molecule has 1 amide bonds. The number of para-hydroxylation sites is 1. The molecular formula is C27H24F2N4O. The first kappa shape index (κ1) is 21.8. The largest absolute Gasteiger partial charge is 0.366 e. The fraction of sp³-hybridized carbons (Fsp3) is 0.185. The maximum absolute atomic E-state index is 14.2. The smallest absolute Gasteiger partial charge is 0.251 e. The Morgan fingerprint density at radius 1 is 0.882 bits per heavy atom. The van der Waals surface area contributed by atoms with Crippen LogP contribution in [0, 0.1) is 11.6 Å². The van der Waals surface area contributed by atoms with E-state index in [1.54, 1.807) is 36.5 Å². The fourth-order valence-corrected chi connectivity index (χ4v) is 4.34. The van der Waals surface area contributed by atoms with Crippen LogP contribution < -0.4 is 15.1 Å². The summed E-state index contributed by atoms with van der Waals surface area (Å²) in [6.45, 7) is 2.97. The van der Waals surface area contributed by atoms with Gasteiger partial charge in [-0.15, -0.1) is 0 Å². The van der Waals surface area contributed by atoms with Gasteiger partial charge in [-0.05, 0) is 53.4 Å². The summed E-state index contributed by atoms with van der Waals surface area (Å²) in [5.41, 5.74) is 1.83. The molecule has 4 aromatic rings. The monoisotopic (exact) mass is 458 g/mol. The van der Waals surface area contributed by atoms with Crippen LogP contribution in [0.15, 0.2) is 79.0 Å². The van der Waals surface area contributed by atoms with Crippen LogP contribution in [0.3, 0.4) is 0 Å². The number of carbonyl (C=O) groups excluding carboxylic acids is 1. The Kier molecular flexibility index (Phi) is 6.08. The molecule has 1 N–H and O–H groups in total. The first-order chi connectivity index (χ1) is 16.6. The van der Waals surface area contributed by atoms with Crippen molar-refractivity contribution in [1.82, 2.24) is 10.3 Å². The number of fused-ring (bicyclic) bond motifs is 1. The number of carbonyl (C=O) groups is 1. The zero-order valence-corrected chi connectivity index (χ0v) is 18.5. The number of hydrogen-bond acceptors (Lipinski definition) is 4. The Labute approximate surface area is 196 Å². The van der Waals surface area contributed by atoms with Crippen LogP contribution in [0.4, 0.5) is 20.3 Å². The molecular weight excluding hydrogens is 434 g/mol. The number of nitrogens with zero attached hydrogens (tertiary/aromatic N) is 3. The summed E-state index contributed by atoms with van der Waals surface area (Å²) < 4.78 is 27.6. The Morgan fingerprint density at radius 3 is 2.47 bits per heavy atom. The molecule has 5 nitrogen and oxygen atoms in total. The highest BCUT2D eigenvalue weighted by Crippen LogP contribution is 2.28. The summed E-state index contributed by atoms with van der Waals surface area (Å²) in [6.07, 6.45) is 1.77. The number of halogens is 2. The molecule has 2 heterocycles. The van der Waals surface area contributed by atoms with E-state index in [9.17, 15) is 13.6 Å². The van der Waals surface area contributed by atoms with Gasteiger partial charge in [-0.1, -0.05) is 30.3 Å². The third-order valence-electron chi connectivity index (χ3n) is 6.12. The lowest BCUT2D eigenvalue weighted by Gasteiger charge is -2.37. The van der Waals surface area contributed by atoms with Crippen molar-refractivity contribution in [2.45, 2.75) is 6.54 Å². The van der Waals surface area contributed by atoms with Crippen LogP contribution in [0.5, 0.6) is 0 Å². The van der Waals surface area contributed by atoms with E-state index in [1.165, 1.54) is 18.2 Å². The van der Waals surface area contributed by atoms with E-state index >= 15 is 0 Å². The van der Waals surface area contributed by atoms with Gasteiger partial charge >= 0.3 is 0 Å². The lowest BCUT2D eigenvalue weighted by molar-refractivity contribution is 0.0951. The summed E-state index contributed by atoms with van der Waals surface area (Å²) in [5, 5.41) is 4.73. The van der Waals surface area contributed by atoms with Gasteiger partial charge in [-0.2, -0.15) is 0 Å². The molecule has 0 unspecified atom stereocenters. The van der Waals surface area contributed by atoms with Gasteiger partial charge in [0, 0.05) is 49.9 Å². The van der Waals surface area contributed by atoms with Crippen molar-refractivity contribution in [3.8, 4) is 0 Å². The first-order valence-corrected chi connectivity index (χ1v) is 11.2. The second-order valence-corrected chi connectivity index (χ2v) is 8.31. The number of pyridine rings is 1. The van der Waals surface area contributed by atoms with Gasteiger partial charge in [0.1, 0.15) is 17.5 Å². The van der Waals surface area contributed by atoms with E-state index in [0.717, 1.165) is 16.6 Å². The summed E-state index contributed by atoms with van der Waals surface area (Å²) in [4.78, 5) is 21.6. The molecule has 34 heavy (non-hydrogen) atoms. The van der Waals surface area contributed by atoms with Crippen LogP contribution in [-0.2, 0) is 6.54 Å². The number of rotatable bonds is 5. The van der Waals surface area contributed by atoms with Crippen LogP contribution >= 0.6 is 0 Å². The summed E-state index contributed by atoms with van der Waals surface area (Å²) in [7, 11) is 0. The molecule has 3 aromatic carbocycles. The Balaban J connectivity index is 1.33. The number of anilines is 2. The van der Waals surface area contributed by atoms with Gasteiger partial charge in [-0.3, -0.25) is 4.79 Å². The number of hydrogen-bond donors (Lipinski definition) is 1. The molecule has 0 bridgehead atoms. The van der Waals surface area contributed by atoms with E-state index < -0.39 is 0 Å². The number of amides is 1. The highest BCUT2D eigenvalue weighted by molar-refractivity contribution is 6.01. The van der Waals surface area contributed by atoms with Crippen molar-refractivity contribution in [3.63, 3.8) is 0 Å². The molecule has 1 fully saturated rings. The minimum atomic E-state index is -0.330. The van der Waals surface area contributed by atoms with Crippen molar-refractivity contribution in [2.75, 3.05) is 36.0 Å². The number of piperazine rings is 1. The van der Waals surface area contributed by atoms with Crippen molar-refractivity contribution in [3.05, 3.63) is 102 Å². The van der Waals surface area contributed by atoms with Crippen LogP contribution in [0.2, 0.25) is 0 Å². The van der Waals surface area contributed by atoms with E-state index in [0.29, 0.717) is 43.0 Å². The van der Waals surface area contributed by atoms with Crippen molar-refractivity contribution >= 4 is 28.2 Å². The van der Waals surface area contributed by atoms with Gasteiger partial charge in [0.25, 0.3) is 5.91 Å². The third kappa shape index (κ3) is 4.55. The molecule has 1 aromatic heterocycles. The van der Waals surface area contributed by atoms with Crippen LogP contribution in [-0.4, -0.2) is 37.1 Å². The molecule has 7 heteroatoms. The Bertz CT molecular complexity index is 1340. The van der Waals surface area contributed by atoms with Gasteiger partial charge in [-0.25, -0.2) is 13.8 Å². The zero-order valence-electron chi connectivity index (χ0n) is 18.5. The molecule has 5 rings (SSSR count). The van der Waals surface area contributed by atoms with E-state index in [4.69, 9.17) is 0 Å². The lowest BCUT2D eigenvalue weighted by Crippen LogP contribution is -2.47. The zero-order chi connectivity index (χ0) is 23.5. The molecule has 0 saturated carbocycles. The lowest BCUT2D eigenvalue weighted by atomic mass is 10.1. The number of nitrogens with one attached hydrogen (secondary N) is 1. The van der Waals surface area contributed by atoms with Gasteiger partial charge < -0.3 is 15.1 Å². The molecule has 1 aliphatic rings. The predicted molar refractivity (Wildman–Crippen MR) is 130 cm³/mol. The maximum atomic E-state index is 14.2. The summed E-state index contributed by atoms with van der Waals surface area (Å²) >= 11 is 0. The number of aromatic nitrogens is 1. The average Bonchev–Trinajstić information content (AvgIpc) is 2.87. The van der Waals surface area contributed by atoms with Crippen molar-refractivity contribution in [2.24, 2.45) is 0 Å². The molecule has 0 aliphatic carbocycles. The van der Waals surface area contributed by atoms with Gasteiger partial charge in [0.05, 0.1) is 5.69 Å². The number of benzene rings is 3. The maximum Gasteiger partial charge on any atom is 0.251 e. The highest BCUT2D eigenvalue weighted by atomic mass is 19.1. The molecule has 0 spiro atoms. The van der Waals surface area contributed by atoms with Crippen LogP contribution in [0.1, 0.15) is 15.9 Å². The van der Waals surface area contributed by atoms with Crippen molar-refractivity contribution < 1.29 is 13.6 Å². The Hall–Kier alpha value is -4.00. The van der Waals surface area contributed by atoms with Gasteiger partial charge in [0.15, 0.2) is 0 Å². The van der Waals surface area contributed by atoms with E-state index in [2.05, 4.69) is 15.2 Å². The first-order valence-electron chi connectivity index (χ1n) is 11.2. The SMILES string of the molecule is O=C(NCc1cccc(F)c1)c1ccc2ccnc(N3CCN(c4ccccc4F)CC3)c2c1. The quantitative estimate of drug-likeness (QED) is 0.468. The van der Waals surface area contributed by atoms with Gasteiger partial charge in [0.2, 0.25) is 0 Å². The minimum absolute atomic E-state index is 0.215. The standard InChI is InChI=1S/C27H24F2N4O/c28-22-5-3-4-19(16-22)18-31-27(34)21-9-8-20-10-11-30-26(23(20)17-21)33-14-12-32(13-15-33)25-7-2-1-6-24(25)29/h1-11,16-17H,12-15,18H2,(H,31,34). The fourth-order valence-electron chi connectivity index (χ4n) is 4.34. The van der Waals surface area contributed by atoms with Crippen molar-refractivity contribution in [1.29, 1.82) is 0 Å². The molecule has 1 aliphatic heterocycles. The Morgan fingerprint density at radius 2 is 1.68 bits per heavy atom. The average molecular weight is 459 g/mol. The topological polar surface area (TPSA) is 48.5 Å². The summed E-state index contributed by atoms with van der Waals surface area (Å²) in [5.74, 6) is 0.0344. The molecule has 0 radical (unpaired) electrons. The predicted octanol–water partition coefficient (Wildman–Crippen LogP) is 4.77. The highest BCUT2D eigenvalue weighted by Gasteiger charge is 2.22. The molecule has 172 valence electrons. The molecule has 1 saturated heterocycles. The summed E-state index contributed by atoms with van der Waals surface area (Å²) in [6, 6.07) is 20.5. The van der Waals surface area contributed by atoms with E-state index in [1.807, 2.05) is 29.2 Å². The minimum Gasteiger partial charge on any atom is -0.366 e. The van der Waals surface area contributed by atoms with E-state index in [-0.39, 0.29) is 24.1 Å². The molecule has 0 atom stereocenters.